The van der Waals surface area contributed by atoms with Crippen LogP contribution in [0.25, 0.3) is 11.0 Å². The van der Waals surface area contributed by atoms with Crippen molar-refractivity contribution in [3.05, 3.63) is 34.0 Å². The topological polar surface area (TPSA) is 33.4 Å². The van der Waals surface area contributed by atoms with Crippen molar-refractivity contribution in [1.29, 1.82) is 0 Å². The van der Waals surface area contributed by atoms with Gasteiger partial charge in [-0.25, -0.2) is 0 Å². The van der Waals surface area contributed by atoms with Crippen LogP contribution in [0.1, 0.15) is 36.3 Å². The van der Waals surface area contributed by atoms with Crippen molar-refractivity contribution in [2.45, 2.75) is 33.3 Å². The lowest BCUT2D eigenvalue weighted by atomic mass is 10.1. The van der Waals surface area contributed by atoms with E-state index in [1.54, 1.807) is 0 Å². The number of hydrogen-bond acceptors (Lipinski definition) is 2. The van der Waals surface area contributed by atoms with Crippen molar-refractivity contribution in [3.8, 4) is 0 Å². The summed E-state index contributed by atoms with van der Waals surface area (Å²) in [7, 11) is 0. The SMILES string of the molecule is CCC(O)c1cc2c(C)c(Cl)c(C)cc2o1. The fraction of sp³-hybridized carbons (Fsp3) is 0.385. The van der Waals surface area contributed by atoms with E-state index in [4.69, 9.17) is 16.0 Å². The number of hydrogen-bond donors (Lipinski definition) is 1. The van der Waals surface area contributed by atoms with Crippen LogP contribution in [0.2, 0.25) is 5.02 Å². The van der Waals surface area contributed by atoms with Crippen molar-refractivity contribution in [1.82, 2.24) is 0 Å². The molecule has 1 heterocycles. The molecule has 0 aliphatic carbocycles. The second kappa shape index (κ2) is 4.11. The van der Waals surface area contributed by atoms with E-state index >= 15 is 0 Å². The molecule has 16 heavy (non-hydrogen) atoms. The molecule has 0 radical (unpaired) electrons. The smallest absolute Gasteiger partial charge is 0.135 e. The van der Waals surface area contributed by atoms with Gasteiger partial charge in [-0.1, -0.05) is 18.5 Å². The van der Waals surface area contributed by atoms with Gasteiger partial charge in [0.1, 0.15) is 17.4 Å². The first-order chi connectivity index (χ1) is 7.54. The quantitative estimate of drug-likeness (QED) is 0.853. The van der Waals surface area contributed by atoms with Gasteiger partial charge in [0, 0.05) is 10.4 Å². The first-order valence-corrected chi connectivity index (χ1v) is 5.79. The predicted molar refractivity (Wildman–Crippen MR) is 65.9 cm³/mol. The summed E-state index contributed by atoms with van der Waals surface area (Å²) in [4.78, 5) is 0. The maximum Gasteiger partial charge on any atom is 0.135 e. The van der Waals surface area contributed by atoms with Crippen LogP contribution in [0.15, 0.2) is 16.5 Å². The first-order valence-electron chi connectivity index (χ1n) is 5.41. The number of aryl methyl sites for hydroxylation is 2. The Morgan fingerprint density at radius 1 is 1.38 bits per heavy atom. The lowest BCUT2D eigenvalue weighted by Crippen LogP contribution is -1.91. The van der Waals surface area contributed by atoms with E-state index in [0.29, 0.717) is 12.2 Å². The normalized spacial score (nSPS) is 13.3. The van der Waals surface area contributed by atoms with Crippen LogP contribution >= 0.6 is 11.6 Å². The predicted octanol–water partition coefficient (Wildman–Crippen LogP) is 4.15. The third-order valence-electron chi connectivity index (χ3n) is 2.92. The van der Waals surface area contributed by atoms with Gasteiger partial charge in [-0.2, -0.15) is 0 Å². The fourth-order valence-corrected chi connectivity index (χ4v) is 2.02. The zero-order chi connectivity index (χ0) is 11.9. The lowest BCUT2D eigenvalue weighted by Gasteiger charge is -2.02. The van der Waals surface area contributed by atoms with E-state index in [1.807, 2.05) is 32.9 Å². The van der Waals surface area contributed by atoms with Gasteiger partial charge in [-0.15, -0.1) is 0 Å². The Bertz CT molecular complexity index is 528. The van der Waals surface area contributed by atoms with E-state index in [-0.39, 0.29) is 0 Å². The van der Waals surface area contributed by atoms with Crippen molar-refractivity contribution in [3.63, 3.8) is 0 Å². The minimum Gasteiger partial charge on any atom is -0.458 e. The summed E-state index contributed by atoms with van der Waals surface area (Å²) in [5.74, 6) is 0.613. The number of furan rings is 1. The highest BCUT2D eigenvalue weighted by Gasteiger charge is 2.14. The van der Waals surface area contributed by atoms with Crippen LogP contribution < -0.4 is 0 Å². The van der Waals surface area contributed by atoms with Crippen LogP contribution in [-0.2, 0) is 0 Å². The van der Waals surface area contributed by atoms with Gasteiger partial charge in [0.05, 0.1) is 0 Å². The number of halogens is 1. The molecule has 0 fully saturated rings. The Balaban J connectivity index is 2.66. The molecule has 0 saturated heterocycles. The summed E-state index contributed by atoms with van der Waals surface area (Å²) >= 11 is 6.18. The van der Waals surface area contributed by atoms with Crippen molar-refractivity contribution in [2.24, 2.45) is 0 Å². The van der Waals surface area contributed by atoms with Crippen molar-refractivity contribution in [2.75, 3.05) is 0 Å². The molecule has 0 bridgehead atoms. The van der Waals surface area contributed by atoms with E-state index in [1.165, 1.54) is 0 Å². The summed E-state index contributed by atoms with van der Waals surface area (Å²) in [6.45, 7) is 5.84. The van der Waals surface area contributed by atoms with E-state index < -0.39 is 6.10 Å². The lowest BCUT2D eigenvalue weighted by molar-refractivity contribution is 0.148. The first kappa shape index (κ1) is 11.5. The molecule has 0 amide bonds. The third kappa shape index (κ3) is 1.72. The van der Waals surface area contributed by atoms with Gasteiger partial charge < -0.3 is 9.52 Å². The van der Waals surface area contributed by atoms with Gasteiger partial charge in [-0.05, 0) is 43.5 Å². The highest BCUT2D eigenvalue weighted by Crippen LogP contribution is 2.33. The van der Waals surface area contributed by atoms with Crippen molar-refractivity contribution < 1.29 is 9.52 Å². The monoisotopic (exact) mass is 238 g/mol. The second-order valence-corrected chi connectivity index (χ2v) is 4.50. The van der Waals surface area contributed by atoms with E-state index in [9.17, 15) is 5.11 Å². The Kier molecular flexibility index (Phi) is 2.96. The molecule has 1 aromatic carbocycles. The van der Waals surface area contributed by atoms with Crippen LogP contribution in [0.5, 0.6) is 0 Å². The minimum atomic E-state index is -0.536. The van der Waals surface area contributed by atoms with E-state index in [2.05, 4.69) is 0 Å². The summed E-state index contributed by atoms with van der Waals surface area (Å²) in [5, 5.41) is 11.5. The molecule has 3 heteroatoms. The van der Waals surface area contributed by atoms with Gasteiger partial charge in [0.25, 0.3) is 0 Å². The molecule has 1 aromatic heterocycles. The second-order valence-electron chi connectivity index (χ2n) is 4.12. The number of rotatable bonds is 2. The zero-order valence-corrected chi connectivity index (χ0v) is 10.4. The molecule has 0 spiro atoms. The van der Waals surface area contributed by atoms with Gasteiger partial charge in [0.2, 0.25) is 0 Å². The molecule has 2 rings (SSSR count). The van der Waals surface area contributed by atoms with Gasteiger partial charge in [-0.3, -0.25) is 0 Å². The molecular weight excluding hydrogens is 224 g/mol. The summed E-state index contributed by atoms with van der Waals surface area (Å²) < 4.78 is 5.63. The largest absolute Gasteiger partial charge is 0.458 e. The van der Waals surface area contributed by atoms with Crippen LogP contribution in [0.4, 0.5) is 0 Å². The highest BCUT2D eigenvalue weighted by molar-refractivity contribution is 6.33. The number of benzene rings is 1. The van der Waals surface area contributed by atoms with Crippen LogP contribution in [0.3, 0.4) is 0 Å². The zero-order valence-electron chi connectivity index (χ0n) is 9.67. The summed E-state index contributed by atoms with van der Waals surface area (Å²) in [5.41, 5.74) is 2.80. The molecule has 2 aromatic rings. The number of fused-ring (bicyclic) bond motifs is 1. The molecule has 1 N–H and O–H groups in total. The standard InChI is InChI=1S/C13H15ClO2/c1-4-10(15)12-6-9-8(3)13(14)7(2)5-11(9)16-12/h5-6,10,15H,4H2,1-3H3. The maximum absolute atomic E-state index is 9.73. The Morgan fingerprint density at radius 2 is 2.06 bits per heavy atom. The molecule has 0 saturated carbocycles. The summed E-state index contributed by atoms with van der Waals surface area (Å²) in [6.07, 6.45) is 0.108. The Hall–Kier alpha value is -0.990. The molecule has 86 valence electrons. The van der Waals surface area contributed by atoms with Gasteiger partial charge in [0.15, 0.2) is 0 Å². The van der Waals surface area contributed by atoms with Crippen LogP contribution in [-0.4, -0.2) is 5.11 Å². The van der Waals surface area contributed by atoms with E-state index in [0.717, 1.165) is 27.1 Å². The Morgan fingerprint density at radius 3 is 2.69 bits per heavy atom. The fourth-order valence-electron chi connectivity index (χ4n) is 1.86. The average Bonchev–Trinajstić information content (AvgIpc) is 2.69. The average molecular weight is 239 g/mol. The highest BCUT2D eigenvalue weighted by atomic mass is 35.5. The molecule has 0 aliphatic rings. The van der Waals surface area contributed by atoms with Crippen LogP contribution in [0, 0.1) is 13.8 Å². The maximum atomic E-state index is 9.73. The minimum absolute atomic E-state index is 0.536. The molecule has 1 atom stereocenters. The molecule has 2 nitrogen and oxygen atoms in total. The molecule has 0 aliphatic heterocycles. The third-order valence-corrected chi connectivity index (χ3v) is 3.50. The summed E-state index contributed by atoms with van der Waals surface area (Å²) in [6, 6.07) is 3.79. The molecule has 1 unspecified atom stereocenters. The Labute approximate surface area is 99.8 Å². The van der Waals surface area contributed by atoms with Gasteiger partial charge >= 0.3 is 0 Å². The molecular formula is C13H15ClO2. The number of aliphatic hydroxyl groups excluding tert-OH is 1. The number of aliphatic hydroxyl groups is 1. The van der Waals surface area contributed by atoms with Crippen molar-refractivity contribution >= 4 is 22.6 Å².